The van der Waals surface area contributed by atoms with Crippen molar-refractivity contribution in [2.75, 3.05) is 0 Å². The Morgan fingerprint density at radius 2 is 2.31 bits per heavy atom. The molecule has 16 heavy (non-hydrogen) atoms. The number of nitrogens with zero attached hydrogens (tertiary/aromatic N) is 2. The van der Waals surface area contributed by atoms with Crippen LogP contribution in [-0.4, -0.2) is 14.9 Å². The summed E-state index contributed by atoms with van der Waals surface area (Å²) in [4.78, 5) is 0.892. The topological polar surface area (TPSA) is 38.0 Å². The number of hydrogen-bond acceptors (Lipinski definition) is 3. The number of rotatable bonds is 3. The lowest BCUT2D eigenvalue weighted by molar-refractivity contribution is 0.179. The van der Waals surface area contributed by atoms with Crippen molar-refractivity contribution in [2.45, 2.75) is 19.4 Å². The predicted molar refractivity (Wildman–Crippen MR) is 65.9 cm³/mol. The molecular weight excluding hydrogens is 244 g/mol. The summed E-state index contributed by atoms with van der Waals surface area (Å²) >= 11 is 7.25. The van der Waals surface area contributed by atoms with Gasteiger partial charge in [-0.2, -0.15) is 5.10 Å². The predicted octanol–water partition coefficient (Wildman–Crippen LogP) is 2.72. The third-order valence-electron chi connectivity index (χ3n) is 2.42. The van der Waals surface area contributed by atoms with E-state index in [2.05, 4.69) is 5.10 Å². The third-order valence-corrected chi connectivity index (χ3v) is 3.76. The van der Waals surface area contributed by atoms with Gasteiger partial charge in [0.05, 0.1) is 16.1 Å². The number of aliphatic hydroxyl groups excluding tert-OH is 1. The lowest BCUT2D eigenvalue weighted by Crippen LogP contribution is -2.05. The lowest BCUT2D eigenvalue weighted by Gasteiger charge is -2.08. The Morgan fingerprint density at radius 1 is 1.56 bits per heavy atom. The van der Waals surface area contributed by atoms with Crippen molar-refractivity contribution < 1.29 is 5.11 Å². The molecule has 3 nitrogen and oxygen atoms in total. The molecule has 86 valence electrons. The maximum absolute atomic E-state index is 10.0. The van der Waals surface area contributed by atoms with Crippen molar-refractivity contribution in [3.8, 4) is 0 Å². The summed E-state index contributed by atoms with van der Waals surface area (Å²) in [7, 11) is 1.89. The summed E-state index contributed by atoms with van der Waals surface area (Å²) in [6.45, 7) is 1.94. The summed E-state index contributed by atoms with van der Waals surface area (Å²) in [5.74, 6) is 0. The van der Waals surface area contributed by atoms with Gasteiger partial charge in [-0.1, -0.05) is 11.6 Å². The van der Waals surface area contributed by atoms with Crippen molar-refractivity contribution >= 4 is 22.9 Å². The van der Waals surface area contributed by atoms with Gasteiger partial charge in [-0.15, -0.1) is 11.3 Å². The van der Waals surface area contributed by atoms with Gasteiger partial charge in [-0.05, 0) is 25.1 Å². The average Bonchev–Trinajstić information content (AvgIpc) is 2.74. The van der Waals surface area contributed by atoms with Crippen LogP contribution in [-0.2, 0) is 13.5 Å². The monoisotopic (exact) mass is 256 g/mol. The van der Waals surface area contributed by atoms with E-state index in [0.29, 0.717) is 10.8 Å². The highest BCUT2D eigenvalue weighted by molar-refractivity contribution is 7.16. The van der Waals surface area contributed by atoms with E-state index in [9.17, 15) is 5.11 Å². The van der Waals surface area contributed by atoms with Crippen molar-refractivity contribution in [3.05, 3.63) is 38.8 Å². The molecule has 0 fully saturated rings. The van der Waals surface area contributed by atoms with Crippen LogP contribution in [0.1, 0.15) is 22.4 Å². The molecule has 5 heteroatoms. The second kappa shape index (κ2) is 4.57. The van der Waals surface area contributed by atoms with Crippen LogP contribution in [0.25, 0.3) is 0 Å². The molecule has 0 aliphatic rings. The van der Waals surface area contributed by atoms with Crippen LogP contribution in [0.2, 0.25) is 4.34 Å². The molecule has 0 aromatic carbocycles. The first-order chi connectivity index (χ1) is 7.56. The number of aliphatic hydroxyl groups is 1. The van der Waals surface area contributed by atoms with E-state index in [1.165, 1.54) is 11.3 Å². The zero-order valence-corrected chi connectivity index (χ0v) is 10.7. The SMILES string of the molecule is Cc1cc(CC(O)c2ccc(Cl)s2)n(C)n1. The van der Waals surface area contributed by atoms with Gasteiger partial charge in [0.25, 0.3) is 0 Å². The minimum Gasteiger partial charge on any atom is -0.387 e. The van der Waals surface area contributed by atoms with E-state index in [0.717, 1.165) is 16.3 Å². The fourth-order valence-electron chi connectivity index (χ4n) is 1.66. The summed E-state index contributed by atoms with van der Waals surface area (Å²) in [6.07, 6.45) is 0.0565. The number of halogens is 1. The molecular formula is C11H13ClN2OS. The zero-order chi connectivity index (χ0) is 11.7. The fourth-order valence-corrected chi connectivity index (χ4v) is 2.71. The highest BCUT2D eigenvalue weighted by atomic mass is 35.5. The summed E-state index contributed by atoms with van der Waals surface area (Å²) in [5.41, 5.74) is 1.99. The molecule has 0 saturated heterocycles. The molecule has 1 atom stereocenters. The number of thiophene rings is 1. The molecule has 0 aliphatic heterocycles. The Balaban J connectivity index is 2.13. The number of aryl methyl sites for hydroxylation is 2. The molecule has 0 spiro atoms. The Kier molecular flexibility index (Phi) is 3.33. The maximum atomic E-state index is 10.0. The molecule has 1 N–H and O–H groups in total. The largest absolute Gasteiger partial charge is 0.387 e. The van der Waals surface area contributed by atoms with Gasteiger partial charge >= 0.3 is 0 Å². The van der Waals surface area contributed by atoms with E-state index in [4.69, 9.17) is 11.6 Å². The van der Waals surface area contributed by atoms with Crippen molar-refractivity contribution in [3.63, 3.8) is 0 Å². The van der Waals surface area contributed by atoms with Gasteiger partial charge in [0.2, 0.25) is 0 Å². The van der Waals surface area contributed by atoms with Crippen LogP contribution in [0.5, 0.6) is 0 Å². The van der Waals surface area contributed by atoms with Crippen LogP contribution < -0.4 is 0 Å². The third kappa shape index (κ3) is 2.45. The van der Waals surface area contributed by atoms with E-state index in [1.54, 1.807) is 10.7 Å². The van der Waals surface area contributed by atoms with Gasteiger partial charge < -0.3 is 5.11 Å². The zero-order valence-electron chi connectivity index (χ0n) is 9.14. The molecule has 0 aliphatic carbocycles. The van der Waals surface area contributed by atoms with Gasteiger partial charge in [0.15, 0.2) is 0 Å². The first-order valence-electron chi connectivity index (χ1n) is 4.99. The summed E-state index contributed by atoms with van der Waals surface area (Å²) in [6, 6.07) is 5.65. The molecule has 2 aromatic heterocycles. The van der Waals surface area contributed by atoms with E-state index < -0.39 is 6.10 Å². The van der Waals surface area contributed by atoms with E-state index in [1.807, 2.05) is 26.1 Å². The van der Waals surface area contributed by atoms with Crippen molar-refractivity contribution in [2.24, 2.45) is 7.05 Å². The smallest absolute Gasteiger partial charge is 0.0937 e. The standard InChI is InChI=1S/C11H13ClN2OS/c1-7-5-8(14(2)13-7)6-9(15)10-3-4-11(12)16-10/h3-5,9,15H,6H2,1-2H3. The minimum absolute atomic E-state index is 0.507. The summed E-state index contributed by atoms with van der Waals surface area (Å²) in [5, 5.41) is 14.3. The normalized spacial score (nSPS) is 13.0. The first kappa shape index (κ1) is 11.6. The van der Waals surface area contributed by atoms with Gasteiger partial charge in [-0.25, -0.2) is 0 Å². The Morgan fingerprint density at radius 3 is 2.81 bits per heavy atom. The molecule has 2 heterocycles. The van der Waals surface area contributed by atoms with E-state index in [-0.39, 0.29) is 0 Å². The average molecular weight is 257 g/mol. The first-order valence-corrected chi connectivity index (χ1v) is 6.18. The van der Waals surface area contributed by atoms with Gasteiger partial charge in [0, 0.05) is 24.0 Å². The number of hydrogen-bond donors (Lipinski definition) is 1. The quantitative estimate of drug-likeness (QED) is 0.917. The van der Waals surface area contributed by atoms with Crippen LogP contribution >= 0.6 is 22.9 Å². The second-order valence-electron chi connectivity index (χ2n) is 3.76. The van der Waals surface area contributed by atoms with Crippen molar-refractivity contribution in [1.29, 1.82) is 0 Å². The molecule has 1 unspecified atom stereocenters. The Bertz CT molecular complexity index is 492. The second-order valence-corrected chi connectivity index (χ2v) is 5.51. The lowest BCUT2D eigenvalue weighted by atomic mass is 10.1. The maximum Gasteiger partial charge on any atom is 0.0937 e. The molecule has 0 bridgehead atoms. The Labute approximate surface area is 103 Å². The minimum atomic E-state index is -0.507. The Hall–Kier alpha value is -0.840. The van der Waals surface area contributed by atoms with Crippen LogP contribution in [0.4, 0.5) is 0 Å². The van der Waals surface area contributed by atoms with Gasteiger partial charge in [0.1, 0.15) is 0 Å². The van der Waals surface area contributed by atoms with Gasteiger partial charge in [-0.3, -0.25) is 4.68 Å². The molecule has 2 rings (SSSR count). The molecule has 0 radical (unpaired) electrons. The summed E-state index contributed by atoms with van der Waals surface area (Å²) < 4.78 is 2.50. The highest BCUT2D eigenvalue weighted by Crippen LogP contribution is 2.28. The molecule has 0 amide bonds. The fraction of sp³-hybridized carbons (Fsp3) is 0.364. The van der Waals surface area contributed by atoms with Crippen LogP contribution in [0, 0.1) is 6.92 Å². The number of aromatic nitrogens is 2. The molecule has 0 saturated carbocycles. The van der Waals surface area contributed by atoms with Crippen LogP contribution in [0.15, 0.2) is 18.2 Å². The molecule has 2 aromatic rings. The van der Waals surface area contributed by atoms with Crippen molar-refractivity contribution in [1.82, 2.24) is 9.78 Å². The van der Waals surface area contributed by atoms with Crippen LogP contribution in [0.3, 0.4) is 0 Å². The van der Waals surface area contributed by atoms with E-state index >= 15 is 0 Å². The highest BCUT2D eigenvalue weighted by Gasteiger charge is 2.13.